The van der Waals surface area contributed by atoms with Gasteiger partial charge in [-0.15, -0.1) is 0 Å². The van der Waals surface area contributed by atoms with Crippen molar-refractivity contribution in [2.75, 3.05) is 6.61 Å². The van der Waals surface area contributed by atoms with Crippen LogP contribution in [0.5, 0.6) is 0 Å². The highest BCUT2D eigenvalue weighted by atomic mass is 19.4. The summed E-state index contributed by atoms with van der Waals surface area (Å²) in [5.74, 6) is -1.08. The first kappa shape index (κ1) is 26.4. The first-order valence-electron chi connectivity index (χ1n) is 12.6. The number of nitrogens with zero attached hydrogens (tertiary/aromatic N) is 4. The number of hydrogen-bond acceptors (Lipinski definition) is 4. The number of fused-ring (bicyclic) bond motifs is 2. The van der Waals surface area contributed by atoms with Gasteiger partial charge < -0.3 is 15.0 Å². The lowest BCUT2D eigenvalue weighted by atomic mass is 10.0. The molecule has 0 aliphatic carbocycles. The van der Waals surface area contributed by atoms with Gasteiger partial charge in [0.25, 0.3) is 5.91 Å². The minimum Gasteiger partial charge on any atom is -0.394 e. The molecule has 1 amide bonds. The SMILES string of the molecule is CC(C)C[C@@H](CO)NC(=O)c1c(-c2ccccc2)nc2c(-c3ccc4nc(C(F)(F)F)n(C)c4c3)cccn12. The highest BCUT2D eigenvalue weighted by molar-refractivity contribution is 6.01. The number of carbonyl (C=O) groups excluding carboxylic acids is 1. The predicted molar refractivity (Wildman–Crippen MR) is 143 cm³/mol. The number of halogens is 3. The van der Waals surface area contributed by atoms with Crippen molar-refractivity contribution in [1.29, 1.82) is 0 Å². The molecule has 0 unspecified atom stereocenters. The summed E-state index contributed by atoms with van der Waals surface area (Å²) in [6, 6.07) is 17.3. The Morgan fingerprint density at radius 3 is 2.44 bits per heavy atom. The third-order valence-electron chi connectivity index (χ3n) is 6.67. The fraction of sp³-hybridized carbons (Fsp3) is 0.276. The van der Waals surface area contributed by atoms with E-state index in [2.05, 4.69) is 10.3 Å². The second kappa shape index (κ2) is 10.2. The smallest absolute Gasteiger partial charge is 0.394 e. The number of benzene rings is 2. The van der Waals surface area contributed by atoms with Crippen LogP contribution in [0.1, 0.15) is 36.6 Å². The Hall–Kier alpha value is -4.18. The number of nitrogens with one attached hydrogen (secondary N) is 1. The number of aliphatic hydroxyl groups is 1. The zero-order valence-corrected chi connectivity index (χ0v) is 21.7. The number of imidazole rings is 2. The van der Waals surface area contributed by atoms with E-state index in [0.717, 1.165) is 10.1 Å². The maximum absolute atomic E-state index is 13.6. The second-order valence-corrected chi connectivity index (χ2v) is 9.97. The van der Waals surface area contributed by atoms with E-state index in [1.165, 1.54) is 7.05 Å². The first-order chi connectivity index (χ1) is 18.6. The number of alkyl halides is 3. The molecule has 10 heteroatoms. The molecule has 7 nitrogen and oxygen atoms in total. The molecule has 0 aliphatic heterocycles. The number of carbonyl (C=O) groups is 1. The Balaban J connectivity index is 1.68. The van der Waals surface area contributed by atoms with Crippen molar-refractivity contribution >= 4 is 22.6 Å². The van der Waals surface area contributed by atoms with Gasteiger partial charge >= 0.3 is 6.18 Å². The Morgan fingerprint density at radius 1 is 1.03 bits per heavy atom. The van der Waals surface area contributed by atoms with E-state index in [1.54, 1.807) is 34.9 Å². The van der Waals surface area contributed by atoms with E-state index in [0.29, 0.717) is 40.1 Å². The topological polar surface area (TPSA) is 84.4 Å². The Labute approximate surface area is 222 Å². The van der Waals surface area contributed by atoms with Gasteiger partial charge in [0.2, 0.25) is 5.82 Å². The molecular weight excluding hydrogens is 507 g/mol. The van der Waals surface area contributed by atoms with Crippen LogP contribution in [0.2, 0.25) is 0 Å². The van der Waals surface area contributed by atoms with Gasteiger partial charge in [-0.05, 0) is 42.2 Å². The predicted octanol–water partition coefficient (Wildman–Crippen LogP) is 5.71. The van der Waals surface area contributed by atoms with Crippen LogP contribution >= 0.6 is 0 Å². The summed E-state index contributed by atoms with van der Waals surface area (Å²) in [4.78, 5) is 22.2. The zero-order valence-electron chi connectivity index (χ0n) is 21.7. The molecule has 0 radical (unpaired) electrons. The summed E-state index contributed by atoms with van der Waals surface area (Å²) in [5.41, 5.74) is 3.81. The highest BCUT2D eigenvalue weighted by Gasteiger charge is 2.36. The number of hydrogen-bond donors (Lipinski definition) is 2. The summed E-state index contributed by atoms with van der Waals surface area (Å²) >= 11 is 0. The van der Waals surface area contributed by atoms with E-state index >= 15 is 0 Å². The van der Waals surface area contributed by atoms with Crippen molar-refractivity contribution in [3.05, 3.63) is 78.4 Å². The van der Waals surface area contributed by atoms with Crippen molar-refractivity contribution in [3.63, 3.8) is 0 Å². The molecule has 3 heterocycles. The van der Waals surface area contributed by atoms with Crippen LogP contribution in [0.4, 0.5) is 13.2 Å². The van der Waals surface area contributed by atoms with Crippen LogP contribution in [0, 0.1) is 5.92 Å². The molecule has 0 aliphatic rings. The number of aromatic nitrogens is 4. The fourth-order valence-electron chi connectivity index (χ4n) is 4.92. The molecule has 3 aromatic heterocycles. The van der Waals surface area contributed by atoms with E-state index < -0.39 is 18.0 Å². The van der Waals surface area contributed by atoms with E-state index in [9.17, 15) is 23.1 Å². The van der Waals surface area contributed by atoms with Gasteiger partial charge in [-0.3, -0.25) is 9.20 Å². The molecule has 202 valence electrons. The average Bonchev–Trinajstić information content (AvgIpc) is 3.46. The minimum absolute atomic E-state index is 0.197. The lowest BCUT2D eigenvalue weighted by Gasteiger charge is -2.18. The molecule has 0 fully saturated rings. The maximum Gasteiger partial charge on any atom is 0.449 e. The number of amides is 1. The van der Waals surface area contributed by atoms with Crippen LogP contribution in [0.3, 0.4) is 0 Å². The molecule has 0 saturated carbocycles. The summed E-state index contributed by atoms with van der Waals surface area (Å²) in [6.45, 7) is 3.83. The summed E-state index contributed by atoms with van der Waals surface area (Å²) in [6.07, 6.45) is -2.24. The third kappa shape index (κ3) is 4.99. The van der Waals surface area contributed by atoms with Gasteiger partial charge in [-0.25, -0.2) is 9.97 Å². The lowest BCUT2D eigenvalue weighted by Crippen LogP contribution is -2.39. The summed E-state index contributed by atoms with van der Waals surface area (Å²) < 4.78 is 43.0. The average molecular weight is 536 g/mol. The molecule has 0 saturated heterocycles. The normalized spacial score (nSPS) is 12.9. The van der Waals surface area contributed by atoms with Crippen molar-refractivity contribution in [2.24, 2.45) is 13.0 Å². The van der Waals surface area contributed by atoms with Gasteiger partial charge in [0.15, 0.2) is 0 Å². The fourth-order valence-corrected chi connectivity index (χ4v) is 4.92. The van der Waals surface area contributed by atoms with Gasteiger partial charge in [-0.2, -0.15) is 13.2 Å². The van der Waals surface area contributed by atoms with Crippen LogP contribution < -0.4 is 5.32 Å². The largest absolute Gasteiger partial charge is 0.449 e. The highest BCUT2D eigenvalue weighted by Crippen LogP contribution is 2.34. The van der Waals surface area contributed by atoms with Crippen LogP contribution in [0.25, 0.3) is 39.1 Å². The Kier molecular flexibility index (Phi) is 6.90. The van der Waals surface area contributed by atoms with Gasteiger partial charge in [-0.1, -0.05) is 50.2 Å². The summed E-state index contributed by atoms with van der Waals surface area (Å²) in [5, 5.41) is 12.8. The van der Waals surface area contributed by atoms with Crippen LogP contribution in [-0.2, 0) is 13.2 Å². The molecule has 1 atom stereocenters. The van der Waals surface area contributed by atoms with Crippen molar-refractivity contribution < 1.29 is 23.1 Å². The second-order valence-electron chi connectivity index (χ2n) is 9.97. The number of aryl methyl sites for hydroxylation is 1. The zero-order chi connectivity index (χ0) is 27.9. The van der Waals surface area contributed by atoms with Crippen LogP contribution in [0.15, 0.2) is 66.9 Å². The van der Waals surface area contributed by atoms with Crippen molar-refractivity contribution in [3.8, 4) is 22.4 Å². The van der Waals surface area contributed by atoms with E-state index in [1.807, 2.05) is 50.2 Å². The maximum atomic E-state index is 13.6. The van der Waals surface area contributed by atoms with Gasteiger partial charge in [0.1, 0.15) is 17.0 Å². The molecule has 2 N–H and O–H groups in total. The Morgan fingerprint density at radius 2 is 1.77 bits per heavy atom. The van der Waals surface area contributed by atoms with Gasteiger partial charge in [0, 0.05) is 24.4 Å². The summed E-state index contributed by atoms with van der Waals surface area (Å²) in [7, 11) is 1.34. The molecule has 5 aromatic rings. The van der Waals surface area contributed by atoms with E-state index in [-0.39, 0.29) is 23.9 Å². The monoisotopic (exact) mass is 535 g/mol. The van der Waals surface area contributed by atoms with E-state index in [4.69, 9.17) is 4.98 Å². The number of rotatable bonds is 7. The third-order valence-corrected chi connectivity index (χ3v) is 6.67. The molecular formula is C29H28F3N5O2. The molecule has 5 rings (SSSR count). The van der Waals surface area contributed by atoms with Gasteiger partial charge in [0.05, 0.1) is 23.7 Å². The quantitative estimate of drug-likeness (QED) is 0.280. The van der Waals surface area contributed by atoms with Crippen molar-refractivity contribution in [2.45, 2.75) is 32.5 Å². The number of pyridine rings is 1. The van der Waals surface area contributed by atoms with Crippen molar-refractivity contribution in [1.82, 2.24) is 24.3 Å². The molecule has 2 aromatic carbocycles. The standard InChI is InChI=1S/C29H28F3N5O2/c1-17(2)14-20(16-38)33-27(39)25-24(18-8-5-4-6-9-18)35-26-21(10-7-13-37(25)26)19-11-12-22-23(15-19)36(3)28(34-22)29(30,31)32/h4-13,15,17,20,38H,14,16H2,1-3H3,(H,33,39)/t20-/m0/s1. The molecule has 0 spiro atoms. The number of aliphatic hydroxyl groups excluding tert-OH is 1. The lowest BCUT2D eigenvalue weighted by molar-refractivity contribution is -0.146. The first-order valence-corrected chi connectivity index (χ1v) is 12.6. The molecule has 39 heavy (non-hydrogen) atoms. The van der Waals surface area contributed by atoms with Crippen LogP contribution in [-0.4, -0.2) is 42.6 Å². The molecule has 0 bridgehead atoms. The Bertz CT molecular complexity index is 1650. The minimum atomic E-state index is -4.58.